The van der Waals surface area contributed by atoms with Gasteiger partial charge in [-0.25, -0.2) is 0 Å². The first-order chi connectivity index (χ1) is 39.8. The minimum absolute atomic E-state index is 0.0890. The van der Waals surface area contributed by atoms with Crippen LogP contribution in [0.5, 0.6) is 5.75 Å². The van der Waals surface area contributed by atoms with Crippen molar-refractivity contribution in [3.05, 3.63) is 63.5 Å². The van der Waals surface area contributed by atoms with Gasteiger partial charge in [0, 0.05) is 99.0 Å². The van der Waals surface area contributed by atoms with Crippen molar-refractivity contribution in [2.24, 2.45) is 28.6 Å². The van der Waals surface area contributed by atoms with Gasteiger partial charge >= 0.3 is 0 Å². The molecule has 6 bridgehead atoms. The topological polar surface area (TPSA) is 144 Å². The molecule has 3 spiro atoms. The Morgan fingerprint density at radius 1 is 0.500 bits per heavy atom. The van der Waals surface area contributed by atoms with Crippen LogP contribution >= 0.6 is 0 Å². The van der Waals surface area contributed by atoms with E-state index in [1.54, 1.807) is 30.9 Å². The number of methoxy groups -OCH3 is 2. The van der Waals surface area contributed by atoms with E-state index in [9.17, 15) is 15.3 Å². The second-order valence-corrected chi connectivity index (χ2v) is 29.7. The summed E-state index contributed by atoms with van der Waals surface area (Å²) in [7, 11) is 3.50. The van der Waals surface area contributed by atoms with Crippen LogP contribution in [0, 0.1) is 28.6 Å². The lowest BCUT2D eigenvalue weighted by Gasteiger charge is -2.67. The summed E-state index contributed by atoms with van der Waals surface area (Å²) in [5.41, 5.74) is 6.37. The molecule has 3 unspecified atom stereocenters. The van der Waals surface area contributed by atoms with Crippen LogP contribution in [-0.4, -0.2) is 175 Å². The number of aliphatic hydroxyl groups is 3. The zero-order valence-corrected chi connectivity index (χ0v) is 49.8. The number of allylic oxidation sites excluding steroid dienone is 2. The van der Waals surface area contributed by atoms with Crippen LogP contribution in [0.2, 0.25) is 0 Å². The molecule has 12 fully saturated rings. The molecule has 1 aromatic rings. The smallest absolute Gasteiger partial charge is 0.169 e. The van der Waals surface area contributed by atoms with E-state index >= 15 is 0 Å². The van der Waals surface area contributed by atoms with Gasteiger partial charge in [0.1, 0.15) is 5.75 Å². The Balaban J connectivity index is 0.000000101. The van der Waals surface area contributed by atoms with Gasteiger partial charge in [0.05, 0.1) is 76.4 Å². The van der Waals surface area contributed by atoms with Gasteiger partial charge in [0.25, 0.3) is 0 Å². The summed E-state index contributed by atoms with van der Waals surface area (Å²) < 4.78 is 48.3. The maximum absolute atomic E-state index is 12.4. The fourth-order valence-electron chi connectivity index (χ4n) is 21.2. The third-order valence-electron chi connectivity index (χ3n) is 25.8. The summed E-state index contributed by atoms with van der Waals surface area (Å²) in [6.07, 6.45) is 30.8. The zero-order valence-electron chi connectivity index (χ0n) is 49.8. The molecule has 14 heteroatoms. The molecule has 6 aliphatic heterocycles. The molecule has 18 rings (SSSR count). The summed E-state index contributed by atoms with van der Waals surface area (Å²) in [4.78, 5) is 7.93. The van der Waals surface area contributed by atoms with Crippen molar-refractivity contribution in [3.8, 4) is 5.75 Å². The van der Waals surface area contributed by atoms with Crippen molar-refractivity contribution in [2.75, 3.05) is 93.1 Å². The number of nitrogens with zero attached hydrogens (tertiary/aromatic N) is 3. The lowest BCUT2D eigenvalue weighted by atomic mass is 9.47. The molecule has 450 valence electrons. The first-order valence-electron chi connectivity index (χ1n) is 33.4. The lowest BCUT2D eigenvalue weighted by molar-refractivity contribution is -0.273. The molecule has 9 atom stereocenters. The van der Waals surface area contributed by atoms with Crippen molar-refractivity contribution < 1.29 is 53.2 Å². The van der Waals surface area contributed by atoms with Gasteiger partial charge in [-0.15, -0.1) is 0 Å². The highest BCUT2D eigenvalue weighted by molar-refractivity contribution is 5.49. The van der Waals surface area contributed by atoms with Crippen molar-refractivity contribution in [1.29, 1.82) is 0 Å². The number of likely N-dealkylation sites (tertiary alicyclic amines) is 3. The molecule has 17 aliphatic rings. The third kappa shape index (κ3) is 8.55. The fraction of sp³-hybridized carbons (Fsp3) is 0.824. The molecule has 82 heavy (non-hydrogen) atoms. The van der Waals surface area contributed by atoms with Crippen LogP contribution in [0.1, 0.15) is 178 Å². The van der Waals surface area contributed by atoms with E-state index in [4.69, 9.17) is 37.9 Å². The number of hydrogen-bond donors (Lipinski definition) is 3. The maximum atomic E-state index is 12.4. The highest BCUT2D eigenvalue weighted by Crippen LogP contribution is 2.69. The Morgan fingerprint density at radius 2 is 0.951 bits per heavy atom. The Labute approximate surface area is 487 Å². The largest absolute Gasteiger partial charge is 0.501 e. The summed E-state index contributed by atoms with van der Waals surface area (Å²) in [5.74, 6) is 3.10. The number of rotatable bonds is 8. The monoisotopic (exact) mass is 1130 g/mol. The molecule has 0 aromatic heterocycles. The first kappa shape index (κ1) is 54.9. The molecular weight excluding hydrogens is 1030 g/mol. The number of piperidine rings is 3. The number of benzene rings is 1. The molecule has 11 aliphatic carbocycles. The standard InChI is InChI=1S/C23H33NO4.C23H31NO4.C22H33NO3/c2*1-26-18-5-4-17-12-20-23(25)7-6-22(27-10-11-28-22)15-21(23,19(17)13-18)8-9-24(20)14-16-2-3-16;24-22-8-7-21(25-11-12-26-21)15-20(22)9-10-23(14-16-5-6-16)19(22)13-17-3-1-2-4-18(17)20/h5,16,20,25H,2-4,6-15H2,1H3;4-5,13,16,20,25H,2-3,6-12,14-15H2,1H3;16,19,24H,1-15H2/t2*20?,21-,23-;19?,20-,22-/m111/s1. The summed E-state index contributed by atoms with van der Waals surface area (Å²) in [5, 5.41) is 36.9. The second-order valence-electron chi connectivity index (χ2n) is 29.7. The summed E-state index contributed by atoms with van der Waals surface area (Å²) >= 11 is 0. The van der Waals surface area contributed by atoms with E-state index in [2.05, 4.69) is 39.0 Å². The van der Waals surface area contributed by atoms with Gasteiger partial charge in [-0.1, -0.05) is 28.4 Å². The van der Waals surface area contributed by atoms with Gasteiger partial charge in [-0.3, -0.25) is 14.7 Å². The normalized spacial score (nSPS) is 41.9. The van der Waals surface area contributed by atoms with Crippen molar-refractivity contribution in [3.63, 3.8) is 0 Å². The van der Waals surface area contributed by atoms with E-state index in [0.29, 0.717) is 32.5 Å². The highest BCUT2D eigenvalue weighted by Gasteiger charge is 2.72. The molecule has 0 amide bonds. The Morgan fingerprint density at radius 3 is 1.45 bits per heavy atom. The Kier molecular flexibility index (Phi) is 13.4. The van der Waals surface area contributed by atoms with Crippen LogP contribution in [0.25, 0.3) is 0 Å². The molecule has 14 nitrogen and oxygen atoms in total. The van der Waals surface area contributed by atoms with E-state index < -0.39 is 34.2 Å². The van der Waals surface area contributed by atoms with Crippen molar-refractivity contribution in [1.82, 2.24) is 14.7 Å². The second kappa shape index (κ2) is 20.0. The summed E-state index contributed by atoms with van der Waals surface area (Å²) in [6, 6.07) is 7.25. The quantitative estimate of drug-likeness (QED) is 0.213. The van der Waals surface area contributed by atoms with E-state index in [1.165, 1.54) is 94.0 Å². The molecule has 1 aromatic carbocycles. The van der Waals surface area contributed by atoms with Gasteiger partial charge < -0.3 is 53.2 Å². The van der Waals surface area contributed by atoms with Crippen LogP contribution in [0.15, 0.2) is 52.3 Å². The maximum Gasteiger partial charge on any atom is 0.169 e. The zero-order chi connectivity index (χ0) is 55.4. The third-order valence-corrected chi connectivity index (χ3v) is 25.8. The SMILES string of the molecule is COC1=CCC2=C(C1)[C@]13CCN(CC4CC4)C(C2)[C@]1(O)CCC1(C3)OCCO1.COc1ccc2c(c1)[C@]13CCN(CC4CC4)C(C2)[C@]1(O)CCC1(C3)OCCO1.O[C@@]12CCC3(C[C@@]14CCN(CC1CC1)C2CC1=C4CCCC1)OCCO3. The molecular formula is C68H97N3O11. The molecule has 3 N–H and O–H groups in total. The number of ether oxygens (including phenoxy) is 8. The van der Waals surface area contributed by atoms with Crippen molar-refractivity contribution >= 4 is 0 Å². The number of hydrogen-bond acceptors (Lipinski definition) is 14. The predicted molar refractivity (Wildman–Crippen MR) is 308 cm³/mol. The molecule has 0 radical (unpaired) electrons. The predicted octanol–water partition coefficient (Wildman–Crippen LogP) is 9.16. The van der Waals surface area contributed by atoms with Crippen LogP contribution < -0.4 is 4.74 Å². The van der Waals surface area contributed by atoms with Gasteiger partial charge in [-0.05, 0) is 195 Å². The van der Waals surface area contributed by atoms with E-state index in [-0.39, 0.29) is 28.3 Å². The molecule has 6 saturated carbocycles. The Bertz CT molecular complexity index is 2730. The van der Waals surface area contributed by atoms with Gasteiger partial charge in [0.2, 0.25) is 0 Å². The van der Waals surface area contributed by atoms with Crippen LogP contribution in [-0.2, 0) is 45.0 Å². The van der Waals surface area contributed by atoms with E-state index in [1.807, 2.05) is 0 Å². The fourth-order valence-corrected chi connectivity index (χ4v) is 21.2. The Hall–Kier alpha value is -2.44. The van der Waals surface area contributed by atoms with Crippen LogP contribution in [0.3, 0.4) is 0 Å². The molecule has 6 heterocycles. The highest BCUT2D eigenvalue weighted by atomic mass is 16.7. The minimum Gasteiger partial charge on any atom is -0.501 e. The van der Waals surface area contributed by atoms with Crippen molar-refractivity contribution in [2.45, 2.75) is 231 Å². The lowest BCUT2D eigenvalue weighted by Crippen LogP contribution is -2.75. The van der Waals surface area contributed by atoms with E-state index in [0.717, 1.165) is 178 Å². The first-order valence-corrected chi connectivity index (χ1v) is 33.4. The average Bonchev–Trinajstić information content (AvgIpc) is 3.03. The van der Waals surface area contributed by atoms with Gasteiger partial charge in [-0.2, -0.15) is 0 Å². The summed E-state index contributed by atoms with van der Waals surface area (Å²) in [6.45, 7) is 10.9. The minimum atomic E-state index is -0.722. The van der Waals surface area contributed by atoms with Crippen LogP contribution in [0.4, 0.5) is 0 Å². The molecule has 6 saturated heterocycles. The average molecular weight is 1130 g/mol. The van der Waals surface area contributed by atoms with Gasteiger partial charge in [0.15, 0.2) is 17.4 Å². The number of fused-ring (bicyclic) bond motifs is 1.